The van der Waals surface area contributed by atoms with Crippen LogP contribution in [-0.2, 0) is 4.79 Å². The van der Waals surface area contributed by atoms with Gasteiger partial charge in [0.15, 0.2) is 0 Å². The van der Waals surface area contributed by atoms with Gasteiger partial charge >= 0.3 is 0 Å². The molecule has 0 bridgehead atoms. The highest BCUT2D eigenvalue weighted by Gasteiger charge is 2.50. The molecule has 172 valence electrons. The second-order valence-electron chi connectivity index (χ2n) is 8.99. The lowest BCUT2D eigenvalue weighted by atomic mass is 9.61. The summed E-state index contributed by atoms with van der Waals surface area (Å²) in [7, 11) is 0. The van der Waals surface area contributed by atoms with E-state index in [0.29, 0.717) is 16.3 Å². The first-order valence-corrected chi connectivity index (χ1v) is 12.1. The maximum absolute atomic E-state index is 12.2. The Balaban J connectivity index is 1.30. The molecule has 2 N–H and O–H groups in total. The van der Waals surface area contributed by atoms with Gasteiger partial charge in [-0.3, -0.25) is 9.59 Å². The SMILES string of the molecule is CC#CC(=O)N1CCC2(CC(c3nc(-c4ccc(Oc5ccccc5)cc4)c(C(N)=O)s3)C2)C1. The van der Waals surface area contributed by atoms with Crippen molar-refractivity contribution in [3.05, 3.63) is 64.5 Å². The number of likely N-dealkylation sites (tertiary alicyclic amines) is 1. The number of hydrogen-bond acceptors (Lipinski definition) is 5. The Labute approximate surface area is 202 Å². The summed E-state index contributed by atoms with van der Waals surface area (Å²) in [6, 6.07) is 17.1. The van der Waals surface area contributed by atoms with Crippen molar-refractivity contribution in [3.8, 4) is 34.6 Å². The Morgan fingerprint density at radius 3 is 2.50 bits per heavy atom. The second kappa shape index (κ2) is 8.96. The van der Waals surface area contributed by atoms with Crippen molar-refractivity contribution < 1.29 is 14.3 Å². The highest BCUT2D eigenvalue weighted by atomic mass is 32.1. The zero-order valence-corrected chi connectivity index (χ0v) is 19.7. The number of amides is 2. The van der Waals surface area contributed by atoms with Crippen LogP contribution in [-0.4, -0.2) is 34.8 Å². The van der Waals surface area contributed by atoms with Gasteiger partial charge in [-0.2, -0.15) is 0 Å². The van der Waals surface area contributed by atoms with Crippen LogP contribution < -0.4 is 10.5 Å². The van der Waals surface area contributed by atoms with Crippen molar-refractivity contribution in [2.45, 2.75) is 32.1 Å². The largest absolute Gasteiger partial charge is 0.457 e. The molecule has 1 saturated heterocycles. The number of hydrogen-bond donors (Lipinski definition) is 1. The predicted molar refractivity (Wildman–Crippen MR) is 132 cm³/mol. The summed E-state index contributed by atoms with van der Waals surface area (Å²) in [5, 5.41) is 0.942. The molecule has 2 heterocycles. The molecule has 34 heavy (non-hydrogen) atoms. The van der Waals surface area contributed by atoms with Crippen LogP contribution in [0.25, 0.3) is 11.3 Å². The van der Waals surface area contributed by atoms with Crippen molar-refractivity contribution in [2.75, 3.05) is 13.1 Å². The molecule has 7 heteroatoms. The number of para-hydroxylation sites is 1. The van der Waals surface area contributed by atoms with Gasteiger partial charge < -0.3 is 15.4 Å². The average molecular weight is 472 g/mol. The zero-order chi connectivity index (χ0) is 23.7. The Hall–Kier alpha value is -3.63. The maximum Gasteiger partial charge on any atom is 0.298 e. The van der Waals surface area contributed by atoms with E-state index in [4.69, 9.17) is 15.5 Å². The lowest BCUT2D eigenvalue weighted by Crippen LogP contribution is -2.39. The van der Waals surface area contributed by atoms with Gasteiger partial charge in [-0.05, 0) is 73.9 Å². The van der Waals surface area contributed by atoms with E-state index in [2.05, 4.69) is 11.8 Å². The van der Waals surface area contributed by atoms with Gasteiger partial charge in [-0.1, -0.05) is 24.1 Å². The molecule has 2 aliphatic rings. The Kier molecular flexibility index (Phi) is 5.84. The molecular weight excluding hydrogens is 446 g/mol. The lowest BCUT2D eigenvalue weighted by Gasteiger charge is -2.44. The number of nitrogens with two attached hydrogens (primary N) is 1. The van der Waals surface area contributed by atoms with Crippen LogP contribution >= 0.6 is 11.3 Å². The van der Waals surface area contributed by atoms with E-state index >= 15 is 0 Å². The predicted octanol–water partition coefficient (Wildman–Crippen LogP) is 4.82. The molecule has 1 aliphatic heterocycles. The molecule has 1 aromatic heterocycles. The smallest absolute Gasteiger partial charge is 0.298 e. The third kappa shape index (κ3) is 4.29. The van der Waals surface area contributed by atoms with Gasteiger partial charge in [0.1, 0.15) is 16.4 Å². The van der Waals surface area contributed by atoms with Gasteiger partial charge in [0, 0.05) is 24.6 Å². The molecule has 1 aliphatic carbocycles. The second-order valence-corrected chi connectivity index (χ2v) is 10.0. The van der Waals surface area contributed by atoms with Gasteiger partial charge in [-0.15, -0.1) is 11.3 Å². The number of primary amides is 1. The number of carbonyl (C=O) groups is 2. The van der Waals surface area contributed by atoms with Gasteiger partial charge in [0.05, 0.1) is 10.7 Å². The number of carbonyl (C=O) groups excluding carboxylic acids is 2. The number of benzene rings is 2. The fourth-order valence-corrected chi connectivity index (χ4v) is 6.01. The summed E-state index contributed by atoms with van der Waals surface area (Å²) in [6.07, 6.45) is 2.92. The first-order chi connectivity index (χ1) is 16.5. The van der Waals surface area contributed by atoms with Gasteiger partial charge in [-0.25, -0.2) is 4.98 Å². The summed E-state index contributed by atoms with van der Waals surface area (Å²) >= 11 is 1.39. The molecule has 0 unspecified atom stereocenters. The van der Waals surface area contributed by atoms with E-state index in [9.17, 15) is 9.59 Å². The molecule has 1 saturated carbocycles. The van der Waals surface area contributed by atoms with E-state index in [1.165, 1.54) is 11.3 Å². The van der Waals surface area contributed by atoms with Crippen LogP contribution in [0.4, 0.5) is 0 Å². The molecule has 3 aromatic rings. The minimum absolute atomic E-state index is 0.0879. The van der Waals surface area contributed by atoms with Crippen LogP contribution in [0.2, 0.25) is 0 Å². The van der Waals surface area contributed by atoms with Crippen LogP contribution in [0.3, 0.4) is 0 Å². The summed E-state index contributed by atoms with van der Waals surface area (Å²) in [5.74, 6) is 6.53. The van der Waals surface area contributed by atoms with Crippen molar-refractivity contribution in [3.63, 3.8) is 0 Å². The van der Waals surface area contributed by atoms with Crippen molar-refractivity contribution in [1.82, 2.24) is 9.88 Å². The minimum Gasteiger partial charge on any atom is -0.457 e. The minimum atomic E-state index is -0.465. The van der Waals surface area contributed by atoms with Gasteiger partial charge in [0.2, 0.25) is 0 Å². The molecule has 2 amide bonds. The fourth-order valence-electron chi connectivity index (χ4n) is 4.97. The number of aromatic nitrogens is 1. The molecule has 2 aromatic carbocycles. The van der Waals surface area contributed by atoms with E-state index in [0.717, 1.165) is 48.7 Å². The van der Waals surface area contributed by atoms with Crippen molar-refractivity contribution in [2.24, 2.45) is 11.1 Å². The van der Waals surface area contributed by atoms with E-state index in [1.54, 1.807) is 6.92 Å². The maximum atomic E-state index is 12.2. The molecule has 1 spiro atoms. The molecular formula is C27H25N3O3S. The highest BCUT2D eigenvalue weighted by Crippen LogP contribution is 2.57. The third-order valence-electron chi connectivity index (χ3n) is 6.64. The number of nitrogens with zero attached hydrogens (tertiary/aromatic N) is 2. The normalized spacial score (nSPS) is 21.0. The molecule has 6 nitrogen and oxygen atoms in total. The average Bonchev–Trinajstić information content (AvgIpc) is 3.45. The quantitative estimate of drug-likeness (QED) is 0.541. The van der Waals surface area contributed by atoms with Crippen molar-refractivity contribution >= 4 is 23.2 Å². The fraction of sp³-hybridized carbons (Fsp3) is 0.296. The van der Waals surface area contributed by atoms with E-state index in [1.807, 2.05) is 59.5 Å². The summed E-state index contributed by atoms with van der Waals surface area (Å²) in [4.78, 5) is 31.5. The monoisotopic (exact) mass is 471 g/mol. The van der Waals surface area contributed by atoms with Crippen LogP contribution in [0.15, 0.2) is 54.6 Å². The molecule has 2 fully saturated rings. The third-order valence-corrected chi connectivity index (χ3v) is 7.87. The van der Waals surface area contributed by atoms with Crippen molar-refractivity contribution in [1.29, 1.82) is 0 Å². The summed E-state index contributed by atoms with van der Waals surface area (Å²) in [6.45, 7) is 3.19. The Morgan fingerprint density at radius 1 is 1.12 bits per heavy atom. The summed E-state index contributed by atoms with van der Waals surface area (Å²) < 4.78 is 5.87. The lowest BCUT2D eigenvalue weighted by molar-refractivity contribution is -0.124. The number of rotatable bonds is 5. The van der Waals surface area contributed by atoms with E-state index in [-0.39, 0.29) is 17.2 Å². The van der Waals surface area contributed by atoms with Crippen LogP contribution in [0.5, 0.6) is 11.5 Å². The zero-order valence-electron chi connectivity index (χ0n) is 18.9. The Bertz CT molecular complexity index is 1280. The first-order valence-electron chi connectivity index (χ1n) is 11.3. The van der Waals surface area contributed by atoms with Gasteiger partial charge in [0.25, 0.3) is 11.8 Å². The Morgan fingerprint density at radius 2 is 1.82 bits per heavy atom. The molecule has 0 atom stereocenters. The highest BCUT2D eigenvalue weighted by molar-refractivity contribution is 7.14. The number of thiazole rings is 1. The first kappa shape index (κ1) is 22.2. The number of ether oxygens (including phenoxy) is 1. The molecule has 5 rings (SSSR count). The standard InChI is InChI=1S/C27H25N3O3S/c1-2-6-22(31)30-14-13-27(17-30)15-19(16-27)26-29-23(24(34-26)25(28)32)18-9-11-21(12-10-18)33-20-7-4-3-5-8-20/h3-5,7-12,19H,13-17H2,1H3,(H2,28,32). The molecule has 0 radical (unpaired) electrons. The van der Waals surface area contributed by atoms with E-state index < -0.39 is 5.91 Å². The summed E-state index contributed by atoms with van der Waals surface area (Å²) in [5.41, 5.74) is 7.31. The van der Waals surface area contributed by atoms with Crippen LogP contribution in [0.1, 0.15) is 46.8 Å². The van der Waals surface area contributed by atoms with Crippen LogP contribution in [0, 0.1) is 17.3 Å². The topological polar surface area (TPSA) is 85.5 Å².